The van der Waals surface area contributed by atoms with Gasteiger partial charge in [-0.15, -0.1) is 0 Å². The smallest absolute Gasteiger partial charge is 0.223 e. The number of hydrogen-bond donors (Lipinski definition) is 4. The average molecular weight is 443 g/mol. The minimum atomic E-state index is -0.245. The Kier molecular flexibility index (Phi) is 6.21. The lowest BCUT2D eigenvalue weighted by Gasteiger charge is -2.28. The molecule has 1 aliphatic rings. The summed E-state index contributed by atoms with van der Waals surface area (Å²) in [6, 6.07) is 17.9. The largest absolute Gasteiger partial charge is 0.346 e. The molecule has 2 heterocycles. The molecule has 5 N–H and O–H groups in total. The number of carbonyl (C=O) groups is 1. The predicted molar refractivity (Wildman–Crippen MR) is 129 cm³/mol. The summed E-state index contributed by atoms with van der Waals surface area (Å²) in [4.78, 5) is 29.2. The first-order chi connectivity index (χ1) is 16.2. The molecular weight excluding hydrogens is 412 g/mol. The summed E-state index contributed by atoms with van der Waals surface area (Å²) in [7, 11) is 0. The zero-order valence-electron chi connectivity index (χ0n) is 18.6. The lowest BCUT2D eigenvalue weighted by atomic mass is 9.81. The Morgan fingerprint density at radius 3 is 2.55 bits per heavy atom. The third-order valence-corrected chi connectivity index (χ3v) is 6.72. The molecule has 2 aromatic heterocycles. The van der Waals surface area contributed by atoms with E-state index in [0.717, 1.165) is 59.6 Å². The molecule has 4 aromatic rings. The van der Waals surface area contributed by atoms with E-state index in [4.69, 9.17) is 5.73 Å². The molecule has 1 unspecified atom stereocenters. The third-order valence-electron chi connectivity index (χ3n) is 6.72. The van der Waals surface area contributed by atoms with E-state index < -0.39 is 0 Å². The monoisotopic (exact) mass is 442 g/mol. The Balaban J connectivity index is 1.37. The highest BCUT2D eigenvalue weighted by atomic mass is 16.1. The van der Waals surface area contributed by atoms with E-state index in [1.165, 1.54) is 0 Å². The van der Waals surface area contributed by atoms with Crippen molar-refractivity contribution in [3.8, 4) is 11.5 Å². The molecule has 1 saturated carbocycles. The molecule has 33 heavy (non-hydrogen) atoms. The van der Waals surface area contributed by atoms with Crippen molar-refractivity contribution in [3.05, 3.63) is 72.2 Å². The number of para-hydroxylation sites is 2. The zero-order valence-corrected chi connectivity index (χ0v) is 18.6. The van der Waals surface area contributed by atoms with E-state index in [2.05, 4.69) is 37.4 Å². The van der Waals surface area contributed by atoms with Gasteiger partial charge in [0.2, 0.25) is 5.91 Å². The van der Waals surface area contributed by atoms with E-state index in [1.54, 1.807) is 6.20 Å². The van der Waals surface area contributed by atoms with Crippen LogP contribution in [0.25, 0.3) is 22.6 Å². The van der Waals surface area contributed by atoms with Crippen LogP contribution in [0.3, 0.4) is 0 Å². The van der Waals surface area contributed by atoms with Crippen LogP contribution in [0.1, 0.15) is 43.1 Å². The SMILES string of the molecule is NCC1CCC(C(=O)NC(Cc2ccccc2)c2ncc(-c3nc4ccccc4[nH]3)[nH]2)CC1. The van der Waals surface area contributed by atoms with Gasteiger partial charge in [-0.05, 0) is 62.3 Å². The highest BCUT2D eigenvalue weighted by Gasteiger charge is 2.28. The fourth-order valence-electron chi connectivity index (χ4n) is 4.73. The molecule has 5 rings (SSSR count). The molecule has 1 atom stereocenters. The standard InChI is InChI=1S/C26H30N6O/c27-15-18-10-12-19(13-11-18)26(33)32-22(14-17-6-2-1-3-7-17)24-28-16-23(31-24)25-29-20-8-4-5-9-21(20)30-25/h1-9,16,18-19,22H,10-15,27H2,(H,28,31)(H,29,30)(H,32,33). The number of aromatic nitrogens is 4. The summed E-state index contributed by atoms with van der Waals surface area (Å²) in [6.45, 7) is 0.710. The maximum absolute atomic E-state index is 13.2. The van der Waals surface area contributed by atoms with Crippen LogP contribution in [0.15, 0.2) is 60.8 Å². The number of nitrogens with zero attached hydrogens (tertiary/aromatic N) is 2. The van der Waals surface area contributed by atoms with Crippen molar-refractivity contribution in [1.29, 1.82) is 0 Å². The van der Waals surface area contributed by atoms with Gasteiger partial charge in [0.15, 0.2) is 5.82 Å². The zero-order chi connectivity index (χ0) is 22.6. The summed E-state index contributed by atoms with van der Waals surface area (Å²) < 4.78 is 0. The number of nitrogens with one attached hydrogen (secondary N) is 3. The van der Waals surface area contributed by atoms with Gasteiger partial charge in [-0.2, -0.15) is 0 Å². The van der Waals surface area contributed by atoms with E-state index in [0.29, 0.717) is 18.9 Å². The molecule has 1 fully saturated rings. The molecule has 0 spiro atoms. The lowest BCUT2D eigenvalue weighted by molar-refractivity contribution is -0.127. The van der Waals surface area contributed by atoms with Gasteiger partial charge in [-0.3, -0.25) is 4.79 Å². The third kappa shape index (κ3) is 4.83. The van der Waals surface area contributed by atoms with Crippen molar-refractivity contribution in [1.82, 2.24) is 25.3 Å². The second-order valence-corrected chi connectivity index (χ2v) is 8.99. The lowest BCUT2D eigenvalue weighted by Crippen LogP contribution is -2.37. The molecule has 7 nitrogen and oxygen atoms in total. The molecule has 0 bridgehead atoms. The number of nitrogens with two attached hydrogens (primary N) is 1. The minimum Gasteiger partial charge on any atom is -0.346 e. The average Bonchev–Trinajstić information content (AvgIpc) is 3.52. The quantitative estimate of drug-likeness (QED) is 0.345. The Hall–Kier alpha value is -3.45. The number of rotatable bonds is 7. The van der Waals surface area contributed by atoms with Crippen LogP contribution < -0.4 is 11.1 Å². The molecule has 0 saturated heterocycles. The fourth-order valence-corrected chi connectivity index (χ4v) is 4.73. The second kappa shape index (κ2) is 9.58. The van der Waals surface area contributed by atoms with Gasteiger partial charge < -0.3 is 21.0 Å². The van der Waals surface area contributed by atoms with Gasteiger partial charge >= 0.3 is 0 Å². The normalized spacial score (nSPS) is 19.4. The van der Waals surface area contributed by atoms with Crippen molar-refractivity contribution in [2.45, 2.75) is 38.1 Å². The number of imidazole rings is 2. The van der Waals surface area contributed by atoms with Crippen LogP contribution in [0.4, 0.5) is 0 Å². The first kappa shape index (κ1) is 21.4. The Bertz CT molecular complexity index is 1170. The Labute approximate surface area is 193 Å². The highest BCUT2D eigenvalue weighted by Crippen LogP contribution is 2.29. The van der Waals surface area contributed by atoms with E-state index in [1.807, 2.05) is 42.5 Å². The molecule has 170 valence electrons. The van der Waals surface area contributed by atoms with E-state index in [-0.39, 0.29) is 17.9 Å². The number of fused-ring (bicyclic) bond motifs is 1. The number of H-pyrrole nitrogens is 2. The minimum absolute atomic E-state index is 0.0379. The van der Waals surface area contributed by atoms with Gasteiger partial charge in [-0.25, -0.2) is 9.97 Å². The van der Waals surface area contributed by atoms with Gasteiger partial charge in [0, 0.05) is 5.92 Å². The molecule has 7 heteroatoms. The van der Waals surface area contributed by atoms with Crippen LogP contribution in [-0.4, -0.2) is 32.4 Å². The maximum Gasteiger partial charge on any atom is 0.223 e. The molecular formula is C26H30N6O. The van der Waals surface area contributed by atoms with Gasteiger partial charge in [0.25, 0.3) is 0 Å². The maximum atomic E-state index is 13.2. The fraction of sp³-hybridized carbons (Fsp3) is 0.346. The summed E-state index contributed by atoms with van der Waals surface area (Å²) >= 11 is 0. The van der Waals surface area contributed by atoms with Crippen molar-refractivity contribution in [3.63, 3.8) is 0 Å². The second-order valence-electron chi connectivity index (χ2n) is 8.99. The van der Waals surface area contributed by atoms with Crippen LogP contribution in [0.5, 0.6) is 0 Å². The molecule has 2 aromatic carbocycles. The van der Waals surface area contributed by atoms with Crippen LogP contribution >= 0.6 is 0 Å². The number of carbonyl (C=O) groups excluding carboxylic acids is 1. The summed E-state index contributed by atoms with van der Waals surface area (Å²) in [5, 5.41) is 3.28. The predicted octanol–water partition coefficient (Wildman–Crippen LogP) is 4.12. The number of hydrogen-bond acceptors (Lipinski definition) is 4. The first-order valence-corrected chi connectivity index (χ1v) is 11.7. The van der Waals surface area contributed by atoms with Crippen LogP contribution in [0, 0.1) is 11.8 Å². The summed E-state index contributed by atoms with van der Waals surface area (Å²) in [5.41, 5.74) is 9.66. The Morgan fingerprint density at radius 1 is 1.03 bits per heavy atom. The highest BCUT2D eigenvalue weighted by molar-refractivity contribution is 5.79. The topological polar surface area (TPSA) is 112 Å². The first-order valence-electron chi connectivity index (χ1n) is 11.7. The van der Waals surface area contributed by atoms with Crippen LogP contribution in [0.2, 0.25) is 0 Å². The van der Waals surface area contributed by atoms with E-state index in [9.17, 15) is 4.79 Å². The summed E-state index contributed by atoms with van der Waals surface area (Å²) in [5.74, 6) is 2.16. The van der Waals surface area contributed by atoms with Crippen molar-refractivity contribution < 1.29 is 4.79 Å². The summed E-state index contributed by atoms with van der Waals surface area (Å²) in [6.07, 6.45) is 6.29. The van der Waals surface area contributed by atoms with Gasteiger partial charge in [-0.1, -0.05) is 42.5 Å². The van der Waals surface area contributed by atoms with Crippen LogP contribution in [-0.2, 0) is 11.2 Å². The van der Waals surface area contributed by atoms with E-state index >= 15 is 0 Å². The molecule has 0 radical (unpaired) electrons. The van der Waals surface area contributed by atoms with Crippen molar-refractivity contribution >= 4 is 16.9 Å². The van der Waals surface area contributed by atoms with Crippen molar-refractivity contribution in [2.24, 2.45) is 17.6 Å². The van der Waals surface area contributed by atoms with Gasteiger partial charge in [0.1, 0.15) is 11.5 Å². The number of aromatic amines is 2. The Morgan fingerprint density at radius 2 is 1.79 bits per heavy atom. The molecule has 1 amide bonds. The van der Waals surface area contributed by atoms with Gasteiger partial charge in [0.05, 0.1) is 23.3 Å². The van der Waals surface area contributed by atoms with Crippen molar-refractivity contribution in [2.75, 3.05) is 6.54 Å². The molecule has 0 aliphatic heterocycles. The molecule has 1 aliphatic carbocycles. The number of benzene rings is 2. The number of amides is 1.